The number of carbonyl (C=O) groups is 1. The van der Waals surface area contributed by atoms with Crippen molar-refractivity contribution in [3.63, 3.8) is 0 Å². The van der Waals surface area contributed by atoms with Crippen LogP contribution in [-0.2, 0) is 0 Å². The Morgan fingerprint density at radius 1 is 1.20 bits per heavy atom. The van der Waals surface area contributed by atoms with Gasteiger partial charge in [-0.05, 0) is 36.4 Å². The van der Waals surface area contributed by atoms with Crippen LogP contribution in [0, 0.1) is 0 Å². The third-order valence-electron chi connectivity index (χ3n) is 2.63. The van der Waals surface area contributed by atoms with Gasteiger partial charge >= 0.3 is 0 Å². The van der Waals surface area contributed by atoms with Crippen molar-refractivity contribution in [2.75, 3.05) is 18.2 Å². The summed E-state index contributed by atoms with van der Waals surface area (Å²) < 4.78 is 5.14. The maximum absolute atomic E-state index is 12.2. The molecular weight excluding hydrogens is 299 g/mol. The first-order valence-electron chi connectivity index (χ1n) is 5.71. The van der Waals surface area contributed by atoms with Crippen LogP contribution in [0.15, 0.2) is 36.4 Å². The van der Waals surface area contributed by atoms with Gasteiger partial charge in [0.1, 0.15) is 5.75 Å². The van der Waals surface area contributed by atoms with Crippen LogP contribution < -0.4 is 15.8 Å². The van der Waals surface area contributed by atoms with E-state index in [4.69, 9.17) is 33.7 Å². The number of nitrogen functional groups attached to an aromatic ring is 1. The minimum atomic E-state index is -0.365. The van der Waals surface area contributed by atoms with Crippen molar-refractivity contribution < 1.29 is 9.53 Å². The highest BCUT2D eigenvalue weighted by Gasteiger charge is 2.16. The molecule has 0 heterocycles. The van der Waals surface area contributed by atoms with Gasteiger partial charge in [-0.3, -0.25) is 4.79 Å². The van der Waals surface area contributed by atoms with Crippen molar-refractivity contribution in [2.45, 2.75) is 0 Å². The molecule has 3 N–H and O–H groups in total. The molecule has 0 aliphatic carbocycles. The summed E-state index contributed by atoms with van der Waals surface area (Å²) in [5.74, 6) is -0.0833. The molecule has 0 radical (unpaired) electrons. The summed E-state index contributed by atoms with van der Waals surface area (Å²) in [6.45, 7) is 0. The second-order valence-corrected chi connectivity index (χ2v) is 4.89. The van der Waals surface area contributed by atoms with E-state index in [0.29, 0.717) is 16.4 Å². The van der Waals surface area contributed by atoms with E-state index in [1.54, 1.807) is 24.3 Å². The number of amides is 1. The SMILES string of the molecule is COc1c(Cl)cc(Cl)cc1C(=O)Nc1ccc(N)cc1. The van der Waals surface area contributed by atoms with Crippen molar-refractivity contribution in [1.82, 2.24) is 0 Å². The molecule has 4 nitrogen and oxygen atoms in total. The van der Waals surface area contributed by atoms with Gasteiger partial charge in [-0.25, -0.2) is 0 Å². The summed E-state index contributed by atoms with van der Waals surface area (Å²) in [6, 6.07) is 9.80. The van der Waals surface area contributed by atoms with Gasteiger partial charge in [0, 0.05) is 16.4 Å². The quantitative estimate of drug-likeness (QED) is 0.847. The number of nitrogens with one attached hydrogen (secondary N) is 1. The molecular formula is C14H12Cl2N2O2. The molecule has 0 aliphatic rings. The average molecular weight is 311 g/mol. The van der Waals surface area contributed by atoms with E-state index in [1.165, 1.54) is 19.2 Å². The van der Waals surface area contributed by atoms with E-state index < -0.39 is 0 Å². The second kappa shape index (κ2) is 6.03. The predicted molar refractivity (Wildman–Crippen MR) is 81.8 cm³/mol. The zero-order chi connectivity index (χ0) is 14.7. The van der Waals surface area contributed by atoms with Crippen LogP contribution in [-0.4, -0.2) is 13.0 Å². The van der Waals surface area contributed by atoms with Crippen molar-refractivity contribution in [3.8, 4) is 5.75 Å². The van der Waals surface area contributed by atoms with E-state index >= 15 is 0 Å². The first-order valence-corrected chi connectivity index (χ1v) is 6.47. The Hall–Kier alpha value is -1.91. The number of hydrogen-bond donors (Lipinski definition) is 2. The fourth-order valence-electron chi connectivity index (χ4n) is 1.70. The van der Waals surface area contributed by atoms with Crippen LogP contribution in [0.5, 0.6) is 5.75 Å². The number of methoxy groups -OCH3 is 1. The number of hydrogen-bond acceptors (Lipinski definition) is 3. The number of nitrogens with two attached hydrogens (primary N) is 1. The Morgan fingerprint density at radius 3 is 2.45 bits per heavy atom. The fourth-order valence-corrected chi connectivity index (χ4v) is 2.27. The number of ether oxygens (including phenoxy) is 1. The molecule has 0 aliphatic heterocycles. The second-order valence-electron chi connectivity index (χ2n) is 4.04. The third kappa shape index (κ3) is 3.15. The Morgan fingerprint density at radius 2 is 1.85 bits per heavy atom. The number of rotatable bonds is 3. The molecule has 1 amide bonds. The highest BCUT2D eigenvalue weighted by molar-refractivity contribution is 6.36. The molecule has 0 atom stereocenters. The van der Waals surface area contributed by atoms with E-state index in [1.807, 2.05) is 0 Å². The molecule has 0 fully saturated rings. The van der Waals surface area contributed by atoms with Crippen LogP contribution in [0.3, 0.4) is 0 Å². The summed E-state index contributed by atoms with van der Waals surface area (Å²) in [4.78, 5) is 12.2. The normalized spacial score (nSPS) is 10.2. The van der Waals surface area contributed by atoms with Crippen LogP contribution in [0.2, 0.25) is 10.0 Å². The van der Waals surface area contributed by atoms with Gasteiger partial charge in [0.25, 0.3) is 5.91 Å². The molecule has 20 heavy (non-hydrogen) atoms. The molecule has 0 aromatic heterocycles. The van der Waals surface area contributed by atoms with Gasteiger partial charge in [0.2, 0.25) is 0 Å². The first kappa shape index (κ1) is 14.5. The fraction of sp³-hybridized carbons (Fsp3) is 0.0714. The minimum absolute atomic E-state index is 0.266. The lowest BCUT2D eigenvalue weighted by molar-refractivity contribution is 0.102. The molecule has 0 saturated heterocycles. The molecule has 0 saturated carbocycles. The van der Waals surface area contributed by atoms with Crippen LogP contribution >= 0.6 is 23.2 Å². The van der Waals surface area contributed by atoms with Crippen molar-refractivity contribution in [1.29, 1.82) is 0 Å². The highest BCUT2D eigenvalue weighted by atomic mass is 35.5. The summed E-state index contributed by atoms with van der Waals surface area (Å²) >= 11 is 11.9. The average Bonchev–Trinajstić information content (AvgIpc) is 2.40. The monoisotopic (exact) mass is 310 g/mol. The summed E-state index contributed by atoms with van der Waals surface area (Å²) in [7, 11) is 1.44. The van der Waals surface area contributed by atoms with Crippen LogP contribution in [0.25, 0.3) is 0 Å². The molecule has 104 valence electrons. The van der Waals surface area contributed by atoms with E-state index in [0.717, 1.165) is 0 Å². The lowest BCUT2D eigenvalue weighted by atomic mass is 10.1. The van der Waals surface area contributed by atoms with Crippen molar-refractivity contribution in [3.05, 3.63) is 52.0 Å². The van der Waals surface area contributed by atoms with Gasteiger partial charge in [-0.15, -0.1) is 0 Å². The molecule has 0 bridgehead atoms. The smallest absolute Gasteiger partial charge is 0.259 e. The predicted octanol–water partition coefficient (Wildman–Crippen LogP) is 3.84. The Labute approximate surface area is 126 Å². The van der Waals surface area contributed by atoms with Crippen molar-refractivity contribution >= 4 is 40.5 Å². The summed E-state index contributed by atoms with van der Waals surface area (Å²) in [5.41, 5.74) is 7.08. The van der Waals surface area contributed by atoms with E-state index in [9.17, 15) is 4.79 Å². The molecule has 2 aromatic rings. The topological polar surface area (TPSA) is 64.3 Å². The first-order chi connectivity index (χ1) is 9.51. The van der Waals surface area contributed by atoms with Gasteiger partial charge in [-0.2, -0.15) is 0 Å². The molecule has 6 heteroatoms. The van der Waals surface area contributed by atoms with Crippen LogP contribution in [0.1, 0.15) is 10.4 Å². The summed E-state index contributed by atoms with van der Waals surface area (Å²) in [5, 5.41) is 3.36. The number of halogens is 2. The van der Waals surface area contributed by atoms with E-state index in [-0.39, 0.29) is 22.2 Å². The molecule has 2 aromatic carbocycles. The zero-order valence-electron chi connectivity index (χ0n) is 10.6. The number of benzene rings is 2. The summed E-state index contributed by atoms with van der Waals surface area (Å²) in [6.07, 6.45) is 0. The lowest BCUT2D eigenvalue weighted by Gasteiger charge is -2.11. The zero-order valence-corrected chi connectivity index (χ0v) is 12.1. The van der Waals surface area contributed by atoms with Gasteiger partial charge in [0.15, 0.2) is 0 Å². The minimum Gasteiger partial charge on any atom is -0.494 e. The van der Waals surface area contributed by atoms with Crippen molar-refractivity contribution in [2.24, 2.45) is 0 Å². The van der Waals surface area contributed by atoms with Gasteiger partial charge in [0.05, 0.1) is 17.7 Å². The third-order valence-corrected chi connectivity index (χ3v) is 3.12. The molecule has 0 spiro atoms. The largest absolute Gasteiger partial charge is 0.494 e. The standard InChI is InChI=1S/C14H12Cl2N2O2/c1-20-13-11(6-8(15)7-12(13)16)14(19)18-10-4-2-9(17)3-5-10/h2-7H,17H2,1H3,(H,18,19). The maximum Gasteiger partial charge on any atom is 0.259 e. The number of anilines is 2. The van der Waals surface area contributed by atoms with Gasteiger partial charge in [-0.1, -0.05) is 23.2 Å². The maximum atomic E-state index is 12.2. The van der Waals surface area contributed by atoms with E-state index in [2.05, 4.69) is 5.32 Å². The Kier molecular flexibility index (Phi) is 4.37. The lowest BCUT2D eigenvalue weighted by Crippen LogP contribution is -2.13. The Balaban J connectivity index is 2.31. The highest BCUT2D eigenvalue weighted by Crippen LogP contribution is 2.32. The molecule has 2 rings (SSSR count). The van der Waals surface area contributed by atoms with Gasteiger partial charge < -0.3 is 15.8 Å². The van der Waals surface area contributed by atoms with Crippen LogP contribution in [0.4, 0.5) is 11.4 Å². The Bertz CT molecular complexity index is 642. The number of carbonyl (C=O) groups excluding carboxylic acids is 1. The molecule has 0 unspecified atom stereocenters.